The number of nitrogens with zero attached hydrogens (tertiary/aromatic N) is 4. The molecular weight excluding hydrogens is 437 g/mol. The molecule has 11 heteroatoms. The second kappa shape index (κ2) is 9.02. The number of fused-ring (bicyclic) bond motifs is 1. The van der Waals surface area contributed by atoms with Crippen LogP contribution in [0.5, 0.6) is 0 Å². The highest BCUT2D eigenvalue weighted by Crippen LogP contribution is 2.28. The van der Waals surface area contributed by atoms with E-state index in [0.717, 1.165) is 16.4 Å². The number of hydrogen-bond acceptors (Lipinski definition) is 7. The summed E-state index contributed by atoms with van der Waals surface area (Å²) < 4.78 is 20.4. The molecule has 2 aromatic heterocycles. The molecule has 0 aliphatic rings. The second-order valence-electron chi connectivity index (χ2n) is 6.55. The molecular formula is C21H16FN5O4S. The lowest BCUT2D eigenvalue weighted by Gasteiger charge is -2.06. The van der Waals surface area contributed by atoms with Crippen LogP contribution in [-0.4, -0.2) is 38.2 Å². The quantitative estimate of drug-likeness (QED) is 0.447. The normalized spacial score (nSPS) is 10.8. The Hall–Kier alpha value is -3.99. The standard InChI is InChI=1S/C21H16FN5O4S/c1-31-20(29)13-4-2-6-15(10-13)24-17(28)12-27-21(30)26-9-8-23-19(18(26)25-27)32-16-7-3-5-14(22)11-16/h2-11H,12H2,1H3,(H,24,28). The SMILES string of the molecule is COC(=O)c1cccc(NC(=O)Cn2nc3c(Sc4cccc(F)c4)nccn3c2=O)c1. The smallest absolute Gasteiger partial charge is 0.350 e. The van der Waals surface area contributed by atoms with Gasteiger partial charge in [0.05, 0.1) is 12.7 Å². The van der Waals surface area contributed by atoms with Crippen molar-refractivity contribution >= 4 is 35.0 Å². The molecule has 1 N–H and O–H groups in total. The average molecular weight is 453 g/mol. The van der Waals surface area contributed by atoms with E-state index in [0.29, 0.717) is 15.6 Å². The number of carbonyl (C=O) groups is 2. The van der Waals surface area contributed by atoms with Gasteiger partial charge in [0.2, 0.25) is 5.91 Å². The minimum atomic E-state index is -0.534. The summed E-state index contributed by atoms with van der Waals surface area (Å²) in [6, 6.07) is 12.2. The van der Waals surface area contributed by atoms with Crippen LogP contribution in [0.3, 0.4) is 0 Å². The van der Waals surface area contributed by atoms with Gasteiger partial charge in [-0.1, -0.05) is 23.9 Å². The highest BCUT2D eigenvalue weighted by molar-refractivity contribution is 7.99. The first-order valence-corrected chi connectivity index (χ1v) is 10.1. The Morgan fingerprint density at radius 3 is 2.78 bits per heavy atom. The fourth-order valence-electron chi connectivity index (χ4n) is 2.92. The molecule has 0 fully saturated rings. The molecule has 1 amide bonds. The number of carbonyl (C=O) groups excluding carboxylic acids is 2. The van der Waals surface area contributed by atoms with Crippen molar-refractivity contribution in [1.82, 2.24) is 19.2 Å². The summed E-state index contributed by atoms with van der Waals surface area (Å²) in [6.07, 6.45) is 2.87. The van der Waals surface area contributed by atoms with Crippen molar-refractivity contribution in [2.75, 3.05) is 12.4 Å². The van der Waals surface area contributed by atoms with E-state index < -0.39 is 23.4 Å². The van der Waals surface area contributed by atoms with Gasteiger partial charge in [0.15, 0.2) is 5.65 Å². The van der Waals surface area contributed by atoms with E-state index in [1.165, 1.54) is 42.1 Å². The van der Waals surface area contributed by atoms with E-state index in [1.807, 2.05) is 0 Å². The lowest BCUT2D eigenvalue weighted by Crippen LogP contribution is -2.28. The van der Waals surface area contributed by atoms with Gasteiger partial charge in [0, 0.05) is 23.0 Å². The Kier molecular flexibility index (Phi) is 5.99. The van der Waals surface area contributed by atoms with E-state index in [2.05, 4.69) is 20.1 Å². The highest BCUT2D eigenvalue weighted by atomic mass is 32.2. The molecule has 32 heavy (non-hydrogen) atoms. The lowest BCUT2D eigenvalue weighted by atomic mass is 10.2. The molecule has 0 aliphatic heterocycles. The number of methoxy groups -OCH3 is 1. The first kappa shape index (κ1) is 21.2. The van der Waals surface area contributed by atoms with Gasteiger partial charge >= 0.3 is 11.7 Å². The predicted molar refractivity (Wildman–Crippen MR) is 114 cm³/mol. The van der Waals surface area contributed by atoms with Crippen LogP contribution in [-0.2, 0) is 16.1 Å². The Morgan fingerprint density at radius 2 is 2.00 bits per heavy atom. The summed E-state index contributed by atoms with van der Waals surface area (Å²) in [5.41, 5.74) is 0.369. The fourth-order valence-corrected chi connectivity index (χ4v) is 3.81. The zero-order valence-corrected chi connectivity index (χ0v) is 17.5. The first-order chi connectivity index (χ1) is 15.4. The summed E-state index contributed by atoms with van der Waals surface area (Å²) >= 11 is 1.15. The summed E-state index contributed by atoms with van der Waals surface area (Å²) in [6.45, 7) is -0.354. The summed E-state index contributed by atoms with van der Waals surface area (Å²) in [4.78, 5) is 41.6. The molecule has 4 aromatic rings. The number of aromatic nitrogens is 4. The Morgan fingerprint density at radius 1 is 1.19 bits per heavy atom. The predicted octanol–water partition coefficient (Wildman–Crippen LogP) is 2.61. The molecule has 2 aromatic carbocycles. The molecule has 0 unspecified atom stereocenters. The number of nitrogens with one attached hydrogen (secondary N) is 1. The fraction of sp³-hybridized carbons (Fsp3) is 0.0952. The van der Waals surface area contributed by atoms with Crippen LogP contribution in [0.15, 0.2) is 75.6 Å². The van der Waals surface area contributed by atoms with Crippen LogP contribution < -0.4 is 11.0 Å². The van der Waals surface area contributed by atoms with Crippen LogP contribution in [0.4, 0.5) is 10.1 Å². The van der Waals surface area contributed by atoms with Crippen molar-refractivity contribution in [2.24, 2.45) is 0 Å². The summed E-state index contributed by atoms with van der Waals surface area (Å²) in [5.74, 6) is -1.43. The number of halogens is 1. The minimum Gasteiger partial charge on any atom is -0.465 e. The van der Waals surface area contributed by atoms with Crippen molar-refractivity contribution < 1.29 is 18.7 Å². The van der Waals surface area contributed by atoms with Crippen molar-refractivity contribution in [3.05, 3.63) is 82.8 Å². The van der Waals surface area contributed by atoms with Gasteiger partial charge < -0.3 is 10.1 Å². The number of amides is 1. The number of anilines is 1. The van der Waals surface area contributed by atoms with Gasteiger partial charge in [-0.05, 0) is 36.4 Å². The van der Waals surface area contributed by atoms with Crippen LogP contribution in [0, 0.1) is 5.82 Å². The van der Waals surface area contributed by atoms with Crippen molar-refractivity contribution in [3.63, 3.8) is 0 Å². The van der Waals surface area contributed by atoms with E-state index in [-0.39, 0.29) is 17.8 Å². The Bertz CT molecular complexity index is 1380. The third kappa shape index (κ3) is 4.52. The number of esters is 1. The van der Waals surface area contributed by atoms with Crippen LogP contribution in [0.25, 0.3) is 5.65 Å². The number of rotatable bonds is 6. The molecule has 4 rings (SSSR count). The van der Waals surface area contributed by atoms with Crippen molar-refractivity contribution in [3.8, 4) is 0 Å². The average Bonchev–Trinajstić information content (AvgIpc) is 3.09. The summed E-state index contributed by atoms with van der Waals surface area (Å²) in [5, 5.41) is 7.24. The highest BCUT2D eigenvalue weighted by Gasteiger charge is 2.16. The maximum absolute atomic E-state index is 13.5. The van der Waals surface area contributed by atoms with Crippen LogP contribution in [0.1, 0.15) is 10.4 Å². The third-order valence-electron chi connectivity index (χ3n) is 4.34. The molecule has 0 bridgehead atoms. The Labute approximate surface area is 184 Å². The molecule has 0 radical (unpaired) electrons. The number of benzene rings is 2. The summed E-state index contributed by atoms with van der Waals surface area (Å²) in [7, 11) is 1.26. The van der Waals surface area contributed by atoms with Crippen LogP contribution in [0.2, 0.25) is 0 Å². The maximum atomic E-state index is 13.5. The lowest BCUT2D eigenvalue weighted by molar-refractivity contribution is -0.117. The van der Waals surface area contributed by atoms with Gasteiger partial charge in [-0.25, -0.2) is 28.0 Å². The second-order valence-corrected chi connectivity index (χ2v) is 7.61. The zero-order valence-electron chi connectivity index (χ0n) is 16.7. The first-order valence-electron chi connectivity index (χ1n) is 9.30. The Balaban J connectivity index is 1.56. The van der Waals surface area contributed by atoms with Gasteiger partial charge in [-0.15, -0.1) is 5.10 Å². The van der Waals surface area contributed by atoms with E-state index in [1.54, 1.807) is 30.3 Å². The van der Waals surface area contributed by atoms with Gasteiger partial charge in [0.25, 0.3) is 0 Å². The van der Waals surface area contributed by atoms with Gasteiger partial charge in [0.1, 0.15) is 17.4 Å². The van der Waals surface area contributed by atoms with E-state index in [9.17, 15) is 18.8 Å². The van der Waals surface area contributed by atoms with Gasteiger partial charge in [-0.3, -0.25) is 4.79 Å². The van der Waals surface area contributed by atoms with Gasteiger partial charge in [-0.2, -0.15) is 0 Å². The molecule has 0 saturated heterocycles. The molecule has 2 heterocycles. The molecule has 0 atom stereocenters. The van der Waals surface area contributed by atoms with Crippen molar-refractivity contribution in [2.45, 2.75) is 16.5 Å². The monoisotopic (exact) mass is 453 g/mol. The molecule has 0 saturated carbocycles. The zero-order chi connectivity index (χ0) is 22.7. The maximum Gasteiger partial charge on any atom is 0.350 e. The molecule has 0 spiro atoms. The van der Waals surface area contributed by atoms with Crippen molar-refractivity contribution in [1.29, 1.82) is 0 Å². The van der Waals surface area contributed by atoms with E-state index >= 15 is 0 Å². The molecule has 0 aliphatic carbocycles. The van der Waals surface area contributed by atoms with E-state index in [4.69, 9.17) is 0 Å². The largest absolute Gasteiger partial charge is 0.465 e. The number of ether oxygens (including phenoxy) is 1. The molecule has 9 nitrogen and oxygen atoms in total. The molecule has 162 valence electrons. The number of hydrogen-bond donors (Lipinski definition) is 1. The third-order valence-corrected chi connectivity index (χ3v) is 5.31. The van der Waals surface area contributed by atoms with Crippen LogP contribution >= 0.6 is 11.8 Å². The minimum absolute atomic E-state index is 0.243. The topological polar surface area (TPSA) is 108 Å².